The molecule has 0 unspecified atom stereocenters. The van der Waals surface area contributed by atoms with Gasteiger partial charge in [0.25, 0.3) is 0 Å². The molecule has 0 amide bonds. The van der Waals surface area contributed by atoms with Gasteiger partial charge in [-0.3, -0.25) is 0 Å². The van der Waals surface area contributed by atoms with Crippen LogP contribution in [-0.2, 0) is 0 Å². The summed E-state index contributed by atoms with van der Waals surface area (Å²) in [6.07, 6.45) is -5.70. The Bertz CT molecular complexity index is 380. The van der Waals surface area contributed by atoms with Gasteiger partial charge in [0.15, 0.2) is 0 Å². The maximum atomic E-state index is 12.9. The Morgan fingerprint density at radius 2 is 1.53 bits per heavy atom. The highest BCUT2D eigenvalue weighted by atomic mass is 35.5. The highest BCUT2D eigenvalue weighted by Crippen LogP contribution is 2.44. The van der Waals surface area contributed by atoms with Crippen LogP contribution in [0.2, 0.25) is 5.02 Å². The SMILES string of the molecule is Cl.N[C@H](c1ccccc1Cl)C(F)(F)C(F)(F)F. The van der Waals surface area contributed by atoms with Gasteiger partial charge in [-0.2, -0.15) is 22.0 Å². The van der Waals surface area contributed by atoms with Gasteiger partial charge in [0, 0.05) is 5.02 Å². The number of halogens is 7. The van der Waals surface area contributed by atoms with Crippen LogP contribution in [0.25, 0.3) is 0 Å². The van der Waals surface area contributed by atoms with Crippen molar-refractivity contribution < 1.29 is 22.0 Å². The minimum Gasteiger partial charge on any atom is -0.319 e. The molecular formula is C9H8Cl2F5N. The van der Waals surface area contributed by atoms with Crippen LogP contribution < -0.4 is 5.73 Å². The lowest BCUT2D eigenvalue weighted by Crippen LogP contribution is -2.45. The fourth-order valence-electron chi connectivity index (χ4n) is 1.10. The van der Waals surface area contributed by atoms with Gasteiger partial charge in [-0.05, 0) is 11.6 Å². The van der Waals surface area contributed by atoms with Crippen LogP contribution in [-0.4, -0.2) is 12.1 Å². The van der Waals surface area contributed by atoms with Gasteiger partial charge in [-0.25, -0.2) is 0 Å². The zero-order valence-corrected chi connectivity index (χ0v) is 9.71. The predicted molar refractivity (Wildman–Crippen MR) is 56.6 cm³/mol. The maximum absolute atomic E-state index is 12.9. The Morgan fingerprint density at radius 3 is 1.94 bits per heavy atom. The summed E-state index contributed by atoms with van der Waals surface area (Å²) in [6.45, 7) is 0. The maximum Gasteiger partial charge on any atom is 0.455 e. The first-order valence-corrected chi connectivity index (χ1v) is 4.50. The number of benzene rings is 1. The van der Waals surface area contributed by atoms with Crippen LogP contribution in [0, 0.1) is 0 Å². The van der Waals surface area contributed by atoms with E-state index in [9.17, 15) is 22.0 Å². The van der Waals surface area contributed by atoms with Crippen molar-refractivity contribution in [3.05, 3.63) is 34.9 Å². The van der Waals surface area contributed by atoms with E-state index < -0.39 is 23.7 Å². The number of hydrogen-bond acceptors (Lipinski definition) is 1. The molecule has 0 saturated heterocycles. The average Bonchev–Trinajstić information content (AvgIpc) is 2.15. The molecule has 0 aliphatic heterocycles. The topological polar surface area (TPSA) is 26.0 Å². The average molecular weight is 296 g/mol. The van der Waals surface area contributed by atoms with Gasteiger partial charge in [-0.15, -0.1) is 12.4 Å². The van der Waals surface area contributed by atoms with E-state index in [1.807, 2.05) is 0 Å². The van der Waals surface area contributed by atoms with Crippen LogP contribution in [0.1, 0.15) is 11.6 Å². The van der Waals surface area contributed by atoms with Gasteiger partial charge in [0.05, 0.1) is 0 Å². The molecule has 0 aromatic heterocycles. The first-order valence-electron chi connectivity index (χ1n) is 4.12. The molecule has 98 valence electrons. The molecule has 0 bridgehead atoms. The van der Waals surface area contributed by atoms with Gasteiger partial charge in [-0.1, -0.05) is 29.8 Å². The molecule has 0 aliphatic rings. The van der Waals surface area contributed by atoms with Gasteiger partial charge >= 0.3 is 12.1 Å². The Kier molecular flexibility index (Phi) is 5.18. The molecule has 8 heteroatoms. The standard InChI is InChI=1S/C9H7ClF5N.ClH/c10-6-4-2-1-3-5(6)7(16)8(11,12)9(13,14)15;/h1-4,7H,16H2;1H/t7-;/m1./s1. The first kappa shape index (κ1) is 16.4. The number of rotatable bonds is 2. The highest BCUT2D eigenvalue weighted by molar-refractivity contribution is 6.31. The summed E-state index contributed by atoms with van der Waals surface area (Å²) in [5, 5.41) is -0.223. The highest BCUT2D eigenvalue weighted by Gasteiger charge is 2.61. The molecule has 0 spiro atoms. The lowest BCUT2D eigenvalue weighted by Gasteiger charge is -2.26. The first-order chi connectivity index (χ1) is 7.18. The molecule has 1 rings (SSSR count). The smallest absolute Gasteiger partial charge is 0.319 e. The number of alkyl halides is 5. The van der Waals surface area contributed by atoms with Crippen molar-refractivity contribution in [1.29, 1.82) is 0 Å². The van der Waals surface area contributed by atoms with Crippen LogP contribution in [0.5, 0.6) is 0 Å². The van der Waals surface area contributed by atoms with E-state index in [0.717, 1.165) is 6.07 Å². The summed E-state index contributed by atoms with van der Waals surface area (Å²) in [4.78, 5) is 0. The number of hydrogen-bond donors (Lipinski definition) is 1. The molecule has 0 fully saturated rings. The van der Waals surface area contributed by atoms with Crippen molar-refractivity contribution in [2.75, 3.05) is 0 Å². The van der Waals surface area contributed by atoms with E-state index >= 15 is 0 Å². The van der Waals surface area contributed by atoms with E-state index in [1.165, 1.54) is 18.2 Å². The van der Waals surface area contributed by atoms with Crippen molar-refractivity contribution in [2.45, 2.75) is 18.1 Å². The minimum absolute atomic E-state index is 0. The molecule has 17 heavy (non-hydrogen) atoms. The quantitative estimate of drug-likeness (QED) is 0.821. The summed E-state index contributed by atoms with van der Waals surface area (Å²) in [5.74, 6) is -5.02. The molecular weight excluding hydrogens is 288 g/mol. The summed E-state index contributed by atoms with van der Waals surface area (Å²) >= 11 is 5.49. The molecule has 2 N–H and O–H groups in total. The fourth-order valence-corrected chi connectivity index (χ4v) is 1.35. The second-order valence-corrected chi connectivity index (χ2v) is 3.53. The third-order valence-electron chi connectivity index (χ3n) is 2.01. The molecule has 0 heterocycles. The lowest BCUT2D eigenvalue weighted by atomic mass is 10.0. The second kappa shape index (κ2) is 5.37. The molecule has 1 aromatic carbocycles. The Balaban J connectivity index is 0.00000256. The third kappa shape index (κ3) is 3.20. The molecule has 0 saturated carbocycles. The predicted octanol–water partition coefficient (Wildman–Crippen LogP) is 3.96. The summed E-state index contributed by atoms with van der Waals surface area (Å²) in [5.41, 5.74) is 4.47. The Morgan fingerprint density at radius 1 is 1.06 bits per heavy atom. The summed E-state index contributed by atoms with van der Waals surface area (Å²) < 4.78 is 61.8. The van der Waals surface area contributed by atoms with Crippen molar-refractivity contribution in [1.82, 2.24) is 0 Å². The van der Waals surface area contributed by atoms with Crippen LogP contribution in [0.4, 0.5) is 22.0 Å². The van der Waals surface area contributed by atoms with E-state index in [2.05, 4.69) is 0 Å². The summed E-state index contributed by atoms with van der Waals surface area (Å²) in [7, 11) is 0. The van der Waals surface area contributed by atoms with E-state index in [0.29, 0.717) is 0 Å². The second-order valence-electron chi connectivity index (χ2n) is 3.12. The van der Waals surface area contributed by atoms with Crippen molar-refractivity contribution in [3.63, 3.8) is 0 Å². The molecule has 1 atom stereocenters. The third-order valence-corrected chi connectivity index (χ3v) is 2.35. The Hall–Kier alpha value is -0.590. The van der Waals surface area contributed by atoms with Crippen molar-refractivity contribution >= 4 is 24.0 Å². The van der Waals surface area contributed by atoms with E-state index in [-0.39, 0.29) is 17.4 Å². The molecule has 1 aromatic rings. The summed E-state index contributed by atoms with van der Waals surface area (Å²) in [6, 6.07) is 2.41. The van der Waals surface area contributed by atoms with E-state index in [1.54, 1.807) is 0 Å². The molecule has 0 radical (unpaired) electrons. The zero-order chi connectivity index (χ0) is 12.6. The largest absolute Gasteiger partial charge is 0.455 e. The van der Waals surface area contributed by atoms with Gasteiger partial charge in [0.1, 0.15) is 6.04 Å². The fraction of sp³-hybridized carbons (Fsp3) is 0.333. The van der Waals surface area contributed by atoms with Gasteiger partial charge in [0.2, 0.25) is 0 Å². The van der Waals surface area contributed by atoms with Crippen LogP contribution >= 0.6 is 24.0 Å². The molecule has 1 nitrogen and oxygen atoms in total. The zero-order valence-electron chi connectivity index (χ0n) is 8.14. The van der Waals surface area contributed by atoms with Crippen LogP contribution in [0.3, 0.4) is 0 Å². The van der Waals surface area contributed by atoms with Crippen molar-refractivity contribution in [3.8, 4) is 0 Å². The Labute approximate surface area is 105 Å². The van der Waals surface area contributed by atoms with Crippen molar-refractivity contribution in [2.24, 2.45) is 5.73 Å². The number of nitrogens with two attached hydrogens (primary N) is 1. The van der Waals surface area contributed by atoms with Gasteiger partial charge < -0.3 is 5.73 Å². The van der Waals surface area contributed by atoms with E-state index in [4.69, 9.17) is 17.3 Å². The minimum atomic E-state index is -5.70. The monoisotopic (exact) mass is 295 g/mol. The lowest BCUT2D eigenvalue weighted by molar-refractivity contribution is -0.290. The normalized spacial score (nSPS) is 14.1. The van der Waals surface area contributed by atoms with Crippen LogP contribution in [0.15, 0.2) is 24.3 Å². The molecule has 0 aliphatic carbocycles.